The lowest BCUT2D eigenvalue weighted by atomic mass is 9.97. The van der Waals surface area contributed by atoms with Gasteiger partial charge in [0.25, 0.3) is 0 Å². The Kier molecular flexibility index (Phi) is 6.49. The lowest BCUT2D eigenvalue weighted by Crippen LogP contribution is -2.36. The molecule has 3 aliphatic rings. The summed E-state index contributed by atoms with van der Waals surface area (Å²) >= 11 is 1.68. The fraction of sp³-hybridized carbons (Fsp3) is 0.481. The van der Waals surface area contributed by atoms with Gasteiger partial charge in [-0.2, -0.15) is 0 Å². The van der Waals surface area contributed by atoms with Crippen molar-refractivity contribution in [2.45, 2.75) is 44.6 Å². The van der Waals surface area contributed by atoms with Gasteiger partial charge in [-0.15, -0.1) is 11.3 Å². The molecule has 5 heterocycles. The van der Waals surface area contributed by atoms with Gasteiger partial charge in [0, 0.05) is 42.6 Å². The number of thiazole rings is 1. The van der Waals surface area contributed by atoms with E-state index < -0.39 is 0 Å². The van der Waals surface area contributed by atoms with E-state index >= 15 is 0 Å². The normalized spacial score (nSPS) is 21.3. The third kappa shape index (κ3) is 4.83. The van der Waals surface area contributed by atoms with Crippen LogP contribution in [-0.2, 0) is 6.42 Å². The van der Waals surface area contributed by atoms with E-state index in [1.165, 1.54) is 68.7 Å². The number of nitrogens with zero attached hydrogens (tertiary/aromatic N) is 4. The standard InChI is InChI=1S/C27H34N6S/c1-2-11-32(12-3-1)13-4-14-33-15-8-20(9-16-33)25-18-22-23(7-10-28-27(22)31-25)30-21-5-6-24-26(17-21)34-19-29-24/h5-8,10,17,19,25H,1-4,9,11-16,18H2,(H2,28,30,31). The van der Waals surface area contributed by atoms with Crippen LogP contribution in [0.15, 0.2) is 47.6 Å². The highest BCUT2D eigenvalue weighted by Crippen LogP contribution is 2.36. The van der Waals surface area contributed by atoms with Crippen LogP contribution in [-0.4, -0.2) is 65.1 Å². The second-order valence-electron chi connectivity index (χ2n) is 9.83. The topological polar surface area (TPSA) is 56.3 Å². The van der Waals surface area contributed by atoms with Crippen LogP contribution < -0.4 is 10.6 Å². The van der Waals surface area contributed by atoms with Crippen molar-refractivity contribution in [3.8, 4) is 0 Å². The summed E-state index contributed by atoms with van der Waals surface area (Å²) in [5.41, 5.74) is 8.05. The number of hydrogen-bond acceptors (Lipinski definition) is 7. The molecule has 7 heteroatoms. The Morgan fingerprint density at radius 3 is 2.82 bits per heavy atom. The molecule has 0 amide bonds. The van der Waals surface area contributed by atoms with E-state index in [2.05, 4.69) is 60.7 Å². The van der Waals surface area contributed by atoms with Crippen molar-refractivity contribution in [2.75, 3.05) is 49.9 Å². The molecule has 3 aliphatic heterocycles. The molecule has 1 aromatic carbocycles. The molecule has 0 radical (unpaired) electrons. The molecule has 34 heavy (non-hydrogen) atoms. The number of rotatable bonds is 7. The maximum Gasteiger partial charge on any atom is 0.131 e. The van der Waals surface area contributed by atoms with Crippen molar-refractivity contribution < 1.29 is 0 Å². The van der Waals surface area contributed by atoms with Crippen LogP contribution in [0, 0.1) is 0 Å². The largest absolute Gasteiger partial charge is 0.363 e. The molecule has 6 rings (SSSR count). The molecule has 1 saturated heterocycles. The van der Waals surface area contributed by atoms with Gasteiger partial charge in [-0.25, -0.2) is 9.97 Å². The molecular weight excluding hydrogens is 440 g/mol. The molecule has 1 atom stereocenters. The first-order chi connectivity index (χ1) is 16.8. The average Bonchev–Trinajstić information content (AvgIpc) is 3.53. The van der Waals surface area contributed by atoms with Gasteiger partial charge in [-0.05, 0) is 81.7 Å². The number of hydrogen-bond donors (Lipinski definition) is 2. The van der Waals surface area contributed by atoms with E-state index in [0.717, 1.165) is 42.1 Å². The molecule has 2 aromatic heterocycles. The number of fused-ring (bicyclic) bond motifs is 2. The molecule has 6 nitrogen and oxygen atoms in total. The molecular formula is C27H34N6S. The second-order valence-corrected chi connectivity index (χ2v) is 10.7. The Morgan fingerprint density at radius 1 is 1.03 bits per heavy atom. The van der Waals surface area contributed by atoms with Gasteiger partial charge in [0.05, 0.1) is 21.8 Å². The van der Waals surface area contributed by atoms with Gasteiger partial charge in [0.2, 0.25) is 0 Å². The van der Waals surface area contributed by atoms with E-state index in [1.54, 1.807) is 16.9 Å². The monoisotopic (exact) mass is 474 g/mol. The van der Waals surface area contributed by atoms with Crippen molar-refractivity contribution in [2.24, 2.45) is 0 Å². The molecule has 178 valence electrons. The summed E-state index contributed by atoms with van der Waals surface area (Å²) in [5, 5.41) is 7.34. The predicted molar refractivity (Wildman–Crippen MR) is 142 cm³/mol. The number of anilines is 3. The summed E-state index contributed by atoms with van der Waals surface area (Å²) in [4.78, 5) is 14.3. The molecule has 2 N–H and O–H groups in total. The minimum Gasteiger partial charge on any atom is -0.363 e. The number of nitrogens with one attached hydrogen (secondary N) is 2. The molecule has 0 saturated carbocycles. The maximum absolute atomic E-state index is 4.65. The maximum atomic E-state index is 4.65. The Balaban J connectivity index is 1.05. The average molecular weight is 475 g/mol. The van der Waals surface area contributed by atoms with E-state index in [4.69, 9.17) is 0 Å². The van der Waals surface area contributed by atoms with Crippen LogP contribution in [0.3, 0.4) is 0 Å². The van der Waals surface area contributed by atoms with Gasteiger partial charge >= 0.3 is 0 Å². The Labute approximate surface area is 206 Å². The first-order valence-electron chi connectivity index (χ1n) is 12.8. The third-order valence-corrected chi connectivity index (χ3v) is 8.35. The summed E-state index contributed by atoms with van der Waals surface area (Å²) in [6.07, 6.45) is 12.0. The second kappa shape index (κ2) is 10.0. The summed E-state index contributed by atoms with van der Waals surface area (Å²) < 4.78 is 1.21. The van der Waals surface area contributed by atoms with Crippen molar-refractivity contribution in [3.63, 3.8) is 0 Å². The molecule has 3 aromatic rings. The summed E-state index contributed by atoms with van der Waals surface area (Å²) in [5.74, 6) is 1.03. The predicted octanol–water partition coefficient (Wildman–Crippen LogP) is 5.28. The number of piperidine rings is 1. The number of benzene rings is 1. The Bertz CT molecular complexity index is 1160. The van der Waals surface area contributed by atoms with E-state index in [-0.39, 0.29) is 0 Å². The minimum absolute atomic E-state index is 0.366. The third-order valence-electron chi connectivity index (χ3n) is 7.56. The van der Waals surface area contributed by atoms with Crippen molar-refractivity contribution in [3.05, 3.63) is 53.2 Å². The van der Waals surface area contributed by atoms with Gasteiger partial charge < -0.3 is 15.5 Å². The number of aromatic nitrogens is 2. The fourth-order valence-electron chi connectivity index (χ4n) is 5.62. The lowest BCUT2D eigenvalue weighted by molar-refractivity contribution is 0.206. The van der Waals surface area contributed by atoms with Gasteiger partial charge in [-0.1, -0.05) is 12.5 Å². The zero-order valence-electron chi connectivity index (χ0n) is 19.8. The van der Waals surface area contributed by atoms with Gasteiger partial charge in [-0.3, -0.25) is 4.90 Å². The molecule has 1 fully saturated rings. The van der Waals surface area contributed by atoms with Crippen molar-refractivity contribution >= 4 is 38.7 Å². The van der Waals surface area contributed by atoms with Crippen LogP contribution in [0.25, 0.3) is 10.2 Å². The fourth-order valence-corrected chi connectivity index (χ4v) is 6.34. The highest BCUT2D eigenvalue weighted by Gasteiger charge is 2.28. The molecule has 0 spiro atoms. The first kappa shape index (κ1) is 22.0. The van der Waals surface area contributed by atoms with Crippen molar-refractivity contribution in [1.82, 2.24) is 19.8 Å². The van der Waals surface area contributed by atoms with Crippen LogP contribution >= 0.6 is 11.3 Å². The van der Waals surface area contributed by atoms with Crippen LogP contribution in [0.4, 0.5) is 17.2 Å². The zero-order valence-corrected chi connectivity index (χ0v) is 20.6. The Hall–Kier alpha value is -2.48. The summed E-state index contributed by atoms with van der Waals surface area (Å²) in [6.45, 7) is 7.36. The minimum atomic E-state index is 0.366. The Morgan fingerprint density at radius 2 is 1.94 bits per heavy atom. The quantitative estimate of drug-likeness (QED) is 0.455. The molecule has 0 bridgehead atoms. The smallest absolute Gasteiger partial charge is 0.131 e. The highest BCUT2D eigenvalue weighted by atomic mass is 32.1. The van der Waals surface area contributed by atoms with Crippen LogP contribution in [0.2, 0.25) is 0 Å². The first-order valence-corrected chi connectivity index (χ1v) is 13.7. The van der Waals surface area contributed by atoms with Crippen LogP contribution in [0.1, 0.15) is 37.7 Å². The zero-order chi connectivity index (χ0) is 22.7. The van der Waals surface area contributed by atoms with Gasteiger partial charge in [0.1, 0.15) is 5.82 Å². The number of pyridine rings is 1. The molecule has 1 unspecified atom stereocenters. The molecule has 0 aliphatic carbocycles. The summed E-state index contributed by atoms with van der Waals surface area (Å²) in [7, 11) is 0. The van der Waals surface area contributed by atoms with Gasteiger partial charge in [0.15, 0.2) is 0 Å². The van der Waals surface area contributed by atoms with E-state index in [0.29, 0.717) is 6.04 Å². The summed E-state index contributed by atoms with van der Waals surface area (Å²) in [6, 6.07) is 8.84. The van der Waals surface area contributed by atoms with Crippen molar-refractivity contribution in [1.29, 1.82) is 0 Å². The van der Waals surface area contributed by atoms with E-state index in [1.807, 2.05) is 11.7 Å². The van der Waals surface area contributed by atoms with Crippen LogP contribution in [0.5, 0.6) is 0 Å². The number of likely N-dealkylation sites (tertiary alicyclic amines) is 1. The van der Waals surface area contributed by atoms with E-state index in [9.17, 15) is 0 Å². The lowest BCUT2D eigenvalue weighted by Gasteiger charge is -2.30. The highest BCUT2D eigenvalue weighted by molar-refractivity contribution is 7.16. The SMILES string of the molecule is C1=C(C2Cc3c(Nc4ccc5ncsc5c4)ccnc3N2)CCN(CCCN2CCCCC2)C1.